The van der Waals surface area contributed by atoms with Crippen LogP contribution in [0.15, 0.2) is 24.3 Å². The van der Waals surface area contributed by atoms with Crippen LogP contribution in [-0.4, -0.2) is 25.3 Å². The Morgan fingerprint density at radius 3 is 2.72 bits per heavy atom. The molecule has 1 aromatic rings. The summed E-state index contributed by atoms with van der Waals surface area (Å²) in [5, 5.41) is 13.6. The number of hydrogen-bond acceptors (Lipinski definition) is 4. The molecule has 5 nitrogen and oxygen atoms in total. The molecule has 3 N–H and O–H groups in total. The van der Waals surface area contributed by atoms with Gasteiger partial charge in [-0.25, -0.2) is 9.18 Å². The number of nitrogens with one attached hydrogen (secondary N) is 1. The summed E-state index contributed by atoms with van der Waals surface area (Å²) in [6.45, 7) is 1.66. The summed E-state index contributed by atoms with van der Waals surface area (Å²) in [5.74, 6) is -0.436. The van der Waals surface area contributed by atoms with Crippen LogP contribution in [0.3, 0.4) is 0 Å². The van der Waals surface area contributed by atoms with Crippen molar-refractivity contribution >= 4 is 6.09 Å². The van der Waals surface area contributed by atoms with Gasteiger partial charge in [0.05, 0.1) is 11.5 Å². The molecule has 1 heterocycles. The van der Waals surface area contributed by atoms with Crippen LogP contribution in [0.5, 0.6) is 0 Å². The molecular weight excluding hydrogens is 321 g/mol. The van der Waals surface area contributed by atoms with E-state index in [1.807, 2.05) is 6.07 Å². The molecule has 1 saturated heterocycles. The molecule has 0 radical (unpaired) electrons. The number of halogens is 1. The van der Waals surface area contributed by atoms with E-state index in [1.165, 1.54) is 12.1 Å². The molecule has 1 aromatic carbocycles. The highest BCUT2D eigenvalue weighted by Crippen LogP contribution is 2.50. The lowest BCUT2D eigenvalue weighted by Crippen LogP contribution is -2.49. The third-order valence-corrected chi connectivity index (χ3v) is 5.78. The molecule has 6 heteroatoms. The fourth-order valence-corrected chi connectivity index (χ4v) is 4.75. The summed E-state index contributed by atoms with van der Waals surface area (Å²) in [6, 6.07) is 8.88. The van der Waals surface area contributed by atoms with Crippen LogP contribution in [0.4, 0.5) is 9.18 Å². The van der Waals surface area contributed by atoms with E-state index < -0.39 is 17.6 Å². The molecule has 134 valence electrons. The van der Waals surface area contributed by atoms with Crippen LogP contribution in [0.2, 0.25) is 0 Å². The molecule has 1 aliphatic carbocycles. The third-order valence-electron chi connectivity index (χ3n) is 5.78. The van der Waals surface area contributed by atoms with Crippen LogP contribution < -0.4 is 11.1 Å². The molecule has 0 aromatic heterocycles. The van der Waals surface area contributed by atoms with Gasteiger partial charge >= 0.3 is 6.09 Å². The number of carbonyl (C=O) groups excluding carboxylic acids is 1. The largest absolute Gasteiger partial charge is 0.446 e. The normalized spacial score (nSPS) is 26.6. The predicted octanol–water partition coefficient (Wildman–Crippen LogP) is 2.85. The number of benzene rings is 1. The Kier molecular flexibility index (Phi) is 5.24. The van der Waals surface area contributed by atoms with Crippen LogP contribution in [-0.2, 0) is 10.2 Å². The van der Waals surface area contributed by atoms with Crippen molar-refractivity contribution in [2.45, 2.75) is 43.6 Å². The lowest BCUT2D eigenvalue weighted by Gasteiger charge is -2.44. The Bertz CT molecular complexity index is 669. The number of ether oxygens (including phenoxy) is 1. The molecule has 0 bridgehead atoms. The summed E-state index contributed by atoms with van der Waals surface area (Å²) in [4.78, 5) is 11.3. The van der Waals surface area contributed by atoms with Crippen molar-refractivity contribution < 1.29 is 13.9 Å². The number of piperidine rings is 1. The molecular formula is C19H24FN3O2. The lowest BCUT2D eigenvalue weighted by atomic mass is 9.59. The van der Waals surface area contributed by atoms with Gasteiger partial charge in [0.2, 0.25) is 0 Å². The van der Waals surface area contributed by atoms with Gasteiger partial charge in [-0.1, -0.05) is 12.1 Å². The van der Waals surface area contributed by atoms with Gasteiger partial charge in [0.25, 0.3) is 0 Å². The molecule has 2 fully saturated rings. The van der Waals surface area contributed by atoms with Crippen molar-refractivity contribution in [3.05, 3.63) is 35.6 Å². The average molecular weight is 345 g/mol. The van der Waals surface area contributed by atoms with Gasteiger partial charge in [0, 0.05) is 5.92 Å². The number of nitrogens with two attached hydrogens (primary N) is 1. The van der Waals surface area contributed by atoms with Crippen LogP contribution in [0.25, 0.3) is 0 Å². The number of carbonyl (C=O) groups is 1. The molecule has 0 unspecified atom stereocenters. The minimum Gasteiger partial charge on any atom is -0.446 e. The molecule has 1 saturated carbocycles. The highest BCUT2D eigenvalue weighted by Gasteiger charge is 2.53. The summed E-state index contributed by atoms with van der Waals surface area (Å²) >= 11 is 0. The minimum absolute atomic E-state index is 0.0858. The van der Waals surface area contributed by atoms with E-state index >= 15 is 0 Å². The van der Waals surface area contributed by atoms with Crippen molar-refractivity contribution in [2.24, 2.45) is 17.6 Å². The van der Waals surface area contributed by atoms with Crippen LogP contribution in [0.1, 0.15) is 37.7 Å². The standard InChI is InChI=1S/C19H24FN3O2/c20-15-4-1-3-14(11-15)19(12-21,13-7-9-23-10-8-13)16-5-2-6-17(16)25-18(22)24/h1,3-4,11,13,16-17,23H,2,5-10H2,(H2,22,24)/t16-,17-,19-/m0/s1. The molecule has 2 aliphatic rings. The number of nitriles is 1. The van der Waals surface area contributed by atoms with Gasteiger partial charge in [-0.15, -0.1) is 0 Å². The minimum atomic E-state index is -0.874. The number of nitrogens with zero attached hydrogens (tertiary/aromatic N) is 1. The molecule has 1 amide bonds. The smallest absolute Gasteiger partial charge is 0.404 e. The SMILES string of the molecule is N#C[C@@](c1cccc(F)c1)(C1CCNCC1)[C@H]1CCC[C@@H]1OC(N)=O. The zero-order valence-electron chi connectivity index (χ0n) is 14.2. The topological polar surface area (TPSA) is 88.1 Å². The molecule has 25 heavy (non-hydrogen) atoms. The second-order valence-electron chi connectivity index (χ2n) is 7.03. The van der Waals surface area contributed by atoms with E-state index in [0.717, 1.165) is 38.8 Å². The van der Waals surface area contributed by atoms with E-state index in [0.29, 0.717) is 12.0 Å². The lowest BCUT2D eigenvalue weighted by molar-refractivity contribution is 0.0447. The fraction of sp³-hybridized carbons (Fsp3) is 0.579. The van der Waals surface area contributed by atoms with Gasteiger partial charge in [-0.2, -0.15) is 5.26 Å². The zero-order chi connectivity index (χ0) is 17.9. The maximum absolute atomic E-state index is 14.0. The summed E-state index contributed by atoms with van der Waals surface area (Å²) in [5.41, 5.74) is 5.06. The number of hydrogen-bond donors (Lipinski definition) is 2. The van der Waals surface area contributed by atoms with Crippen LogP contribution >= 0.6 is 0 Å². The fourth-order valence-electron chi connectivity index (χ4n) is 4.75. The highest BCUT2D eigenvalue weighted by atomic mass is 19.1. The van der Waals surface area contributed by atoms with E-state index in [1.54, 1.807) is 6.07 Å². The highest BCUT2D eigenvalue weighted by molar-refractivity contribution is 5.65. The monoisotopic (exact) mass is 345 g/mol. The number of primary amides is 1. The van der Waals surface area contributed by atoms with Crippen molar-refractivity contribution in [3.8, 4) is 6.07 Å². The Hall–Kier alpha value is -2.13. The molecule has 0 spiro atoms. The first-order valence-electron chi connectivity index (χ1n) is 8.92. The maximum atomic E-state index is 14.0. The summed E-state index contributed by atoms with van der Waals surface area (Å²) < 4.78 is 19.3. The van der Waals surface area contributed by atoms with Crippen molar-refractivity contribution in [1.82, 2.24) is 5.32 Å². The Balaban J connectivity index is 2.07. The first-order chi connectivity index (χ1) is 12.1. The van der Waals surface area contributed by atoms with Crippen molar-refractivity contribution in [2.75, 3.05) is 13.1 Å². The second-order valence-corrected chi connectivity index (χ2v) is 7.03. The van der Waals surface area contributed by atoms with E-state index in [4.69, 9.17) is 10.5 Å². The quantitative estimate of drug-likeness (QED) is 0.878. The number of amides is 1. The number of rotatable bonds is 4. The van der Waals surface area contributed by atoms with Gasteiger partial charge in [-0.3, -0.25) is 0 Å². The Morgan fingerprint density at radius 2 is 2.08 bits per heavy atom. The summed E-state index contributed by atoms with van der Waals surface area (Å²) in [7, 11) is 0. The third kappa shape index (κ3) is 3.34. The molecule has 1 aliphatic heterocycles. The van der Waals surface area contributed by atoms with E-state index in [-0.39, 0.29) is 17.7 Å². The zero-order valence-corrected chi connectivity index (χ0v) is 14.2. The second kappa shape index (κ2) is 7.40. The average Bonchev–Trinajstić information content (AvgIpc) is 3.05. The van der Waals surface area contributed by atoms with Gasteiger partial charge < -0.3 is 15.8 Å². The van der Waals surface area contributed by atoms with Gasteiger partial charge in [0.1, 0.15) is 11.9 Å². The first kappa shape index (κ1) is 17.7. The van der Waals surface area contributed by atoms with Crippen molar-refractivity contribution in [3.63, 3.8) is 0 Å². The van der Waals surface area contributed by atoms with Crippen molar-refractivity contribution in [1.29, 1.82) is 5.26 Å². The van der Waals surface area contributed by atoms with Crippen LogP contribution in [0, 0.1) is 29.0 Å². The maximum Gasteiger partial charge on any atom is 0.404 e. The molecule has 3 rings (SSSR count). The Morgan fingerprint density at radius 1 is 1.32 bits per heavy atom. The molecule has 3 atom stereocenters. The summed E-state index contributed by atoms with van der Waals surface area (Å²) in [6.07, 6.45) is 2.80. The predicted molar refractivity (Wildman–Crippen MR) is 91.1 cm³/mol. The van der Waals surface area contributed by atoms with E-state index in [9.17, 15) is 14.4 Å². The van der Waals surface area contributed by atoms with E-state index in [2.05, 4.69) is 11.4 Å². The first-order valence-corrected chi connectivity index (χ1v) is 8.92. The van der Waals surface area contributed by atoms with Gasteiger partial charge in [-0.05, 0) is 68.8 Å². The Labute approximate surface area is 147 Å². The van der Waals surface area contributed by atoms with Gasteiger partial charge in [0.15, 0.2) is 0 Å².